The van der Waals surface area contributed by atoms with Crippen molar-refractivity contribution >= 4 is 17.6 Å². The van der Waals surface area contributed by atoms with Gasteiger partial charge in [0.2, 0.25) is 5.88 Å². The minimum atomic E-state index is -0.600. The summed E-state index contributed by atoms with van der Waals surface area (Å²) in [5.74, 6) is -0.0620. The van der Waals surface area contributed by atoms with E-state index < -0.39 is 11.5 Å². The van der Waals surface area contributed by atoms with Gasteiger partial charge < -0.3 is 10.1 Å². The molecular weight excluding hydrogens is 356 g/mol. The molecule has 0 aliphatic heterocycles. The number of rotatable bonds is 4. The molecule has 3 rings (SSSR count). The van der Waals surface area contributed by atoms with Crippen LogP contribution in [-0.4, -0.2) is 22.3 Å². The highest BCUT2D eigenvalue weighted by molar-refractivity contribution is 6.01. The van der Waals surface area contributed by atoms with Crippen molar-refractivity contribution in [3.63, 3.8) is 0 Å². The maximum atomic E-state index is 13.0. The number of pyridine rings is 1. The van der Waals surface area contributed by atoms with Crippen LogP contribution in [0.3, 0.4) is 0 Å². The Labute approximate surface area is 161 Å². The predicted octanol–water partition coefficient (Wildman–Crippen LogP) is 2.76. The molecule has 3 aromatic rings. The second-order valence-electron chi connectivity index (χ2n) is 6.24. The van der Waals surface area contributed by atoms with E-state index >= 15 is 0 Å². The summed E-state index contributed by atoms with van der Waals surface area (Å²) in [6.07, 6.45) is 2.76. The Hall–Kier alpha value is -3.92. The fourth-order valence-electron chi connectivity index (χ4n) is 2.81. The fraction of sp³-hybridized carbons (Fsp3) is 0.143. The van der Waals surface area contributed by atoms with Crippen LogP contribution in [0.1, 0.15) is 16.7 Å². The van der Waals surface area contributed by atoms with E-state index in [0.717, 1.165) is 11.1 Å². The van der Waals surface area contributed by atoms with Crippen molar-refractivity contribution in [2.45, 2.75) is 13.8 Å². The highest BCUT2D eigenvalue weighted by Crippen LogP contribution is 2.25. The van der Waals surface area contributed by atoms with Gasteiger partial charge in [0.05, 0.1) is 0 Å². The summed E-state index contributed by atoms with van der Waals surface area (Å²) in [5, 5.41) is 11.7. The zero-order valence-corrected chi connectivity index (χ0v) is 15.7. The van der Waals surface area contributed by atoms with Crippen molar-refractivity contribution in [1.29, 1.82) is 5.26 Å². The van der Waals surface area contributed by atoms with Crippen molar-refractivity contribution in [1.82, 2.24) is 14.7 Å². The predicted molar refractivity (Wildman–Crippen MR) is 105 cm³/mol. The maximum absolute atomic E-state index is 13.0. The molecule has 0 spiro atoms. The van der Waals surface area contributed by atoms with Gasteiger partial charge in [0, 0.05) is 13.2 Å². The molecule has 1 amide bonds. The van der Waals surface area contributed by atoms with Crippen molar-refractivity contribution in [3.8, 4) is 17.7 Å². The number of nitrogens with zero attached hydrogens (tertiary/aromatic N) is 3. The molecule has 0 unspecified atom stereocenters. The van der Waals surface area contributed by atoms with Crippen LogP contribution in [0, 0.1) is 25.2 Å². The first-order chi connectivity index (χ1) is 13.4. The molecule has 1 aromatic carbocycles. The zero-order chi connectivity index (χ0) is 20.3. The molecule has 28 heavy (non-hydrogen) atoms. The summed E-state index contributed by atoms with van der Waals surface area (Å²) < 4.78 is 7.24. The Balaban J connectivity index is 2.25. The summed E-state index contributed by atoms with van der Waals surface area (Å²) >= 11 is 0. The summed E-state index contributed by atoms with van der Waals surface area (Å²) in [6.45, 7) is 3.87. The van der Waals surface area contributed by atoms with Crippen molar-refractivity contribution in [3.05, 3.63) is 75.2 Å². The van der Waals surface area contributed by atoms with E-state index in [0.29, 0.717) is 11.4 Å². The monoisotopic (exact) mass is 374 g/mol. The Morgan fingerprint density at radius 1 is 1.25 bits per heavy atom. The van der Waals surface area contributed by atoms with Gasteiger partial charge in [-0.3, -0.25) is 14.0 Å². The minimum absolute atomic E-state index is 0.0167. The topological polar surface area (TPSA) is 96.5 Å². The molecule has 2 aromatic heterocycles. The Morgan fingerprint density at radius 3 is 2.61 bits per heavy atom. The lowest BCUT2D eigenvalue weighted by Gasteiger charge is -2.11. The molecule has 0 atom stereocenters. The van der Waals surface area contributed by atoms with Crippen molar-refractivity contribution < 1.29 is 9.53 Å². The largest absolute Gasteiger partial charge is 0.438 e. The van der Waals surface area contributed by atoms with Gasteiger partial charge in [-0.25, -0.2) is 0 Å². The molecule has 0 saturated heterocycles. The number of amides is 1. The molecule has 0 aliphatic rings. The van der Waals surface area contributed by atoms with Gasteiger partial charge in [0.15, 0.2) is 0 Å². The van der Waals surface area contributed by atoms with E-state index in [4.69, 9.17) is 4.74 Å². The van der Waals surface area contributed by atoms with Crippen LogP contribution >= 0.6 is 0 Å². The zero-order valence-electron chi connectivity index (χ0n) is 15.7. The second-order valence-corrected chi connectivity index (χ2v) is 6.24. The first-order valence-corrected chi connectivity index (χ1v) is 8.54. The Bertz CT molecular complexity index is 1180. The van der Waals surface area contributed by atoms with Gasteiger partial charge in [-0.05, 0) is 55.3 Å². The standard InChI is InChI=1S/C21H18N4O3/c1-13-8-14(2)10-16(9-13)28-20-17(11-15(12-22)19(26)23-3)21(27)25-7-5-4-6-18(25)24-20/h4-11H,1-3H3,(H,23,26)/b15-11+. The molecule has 7 nitrogen and oxygen atoms in total. The highest BCUT2D eigenvalue weighted by Gasteiger charge is 2.17. The van der Waals surface area contributed by atoms with Gasteiger partial charge in [-0.15, -0.1) is 0 Å². The SMILES string of the molecule is CNC(=O)/C(C#N)=C/c1c(Oc2cc(C)cc(C)c2)nc2ccccn2c1=O. The minimum Gasteiger partial charge on any atom is -0.438 e. The van der Waals surface area contributed by atoms with Gasteiger partial charge in [-0.1, -0.05) is 12.1 Å². The van der Waals surface area contributed by atoms with E-state index in [1.165, 1.54) is 17.5 Å². The normalized spacial score (nSPS) is 11.1. The van der Waals surface area contributed by atoms with Crippen molar-refractivity contribution in [2.75, 3.05) is 7.05 Å². The molecular formula is C21H18N4O3. The van der Waals surface area contributed by atoms with Crippen LogP contribution < -0.4 is 15.6 Å². The first-order valence-electron chi connectivity index (χ1n) is 8.54. The van der Waals surface area contributed by atoms with Gasteiger partial charge in [-0.2, -0.15) is 10.2 Å². The van der Waals surface area contributed by atoms with Gasteiger partial charge in [0.1, 0.15) is 28.6 Å². The average Bonchev–Trinajstić information content (AvgIpc) is 2.66. The lowest BCUT2D eigenvalue weighted by atomic mass is 10.1. The molecule has 0 fully saturated rings. The smallest absolute Gasteiger partial charge is 0.269 e. The van der Waals surface area contributed by atoms with Gasteiger partial charge in [0.25, 0.3) is 11.5 Å². The Kier molecular flexibility index (Phi) is 5.23. The number of aromatic nitrogens is 2. The van der Waals surface area contributed by atoms with Crippen LogP contribution in [0.5, 0.6) is 11.6 Å². The third-order valence-corrected chi connectivity index (χ3v) is 4.02. The molecule has 2 heterocycles. The van der Waals surface area contributed by atoms with Gasteiger partial charge >= 0.3 is 0 Å². The lowest BCUT2D eigenvalue weighted by molar-refractivity contribution is -0.116. The summed E-state index contributed by atoms with van der Waals surface area (Å²) in [5.41, 5.74) is 1.73. The molecule has 1 N–H and O–H groups in total. The third-order valence-electron chi connectivity index (χ3n) is 4.02. The molecule has 0 saturated carbocycles. The van der Waals surface area contributed by atoms with Crippen LogP contribution in [0.4, 0.5) is 0 Å². The number of nitrogens with one attached hydrogen (secondary N) is 1. The maximum Gasteiger partial charge on any atom is 0.269 e. The highest BCUT2D eigenvalue weighted by atomic mass is 16.5. The van der Waals surface area contributed by atoms with Crippen LogP contribution in [0.25, 0.3) is 11.7 Å². The number of likely N-dealkylation sites (N-methyl/N-ethyl adjacent to an activating group) is 1. The van der Waals surface area contributed by atoms with E-state index in [-0.39, 0.29) is 17.0 Å². The van der Waals surface area contributed by atoms with Crippen molar-refractivity contribution in [2.24, 2.45) is 0 Å². The number of carbonyl (C=O) groups excluding carboxylic acids is 1. The number of ether oxygens (including phenoxy) is 1. The van der Waals surface area contributed by atoms with Crippen LogP contribution in [-0.2, 0) is 4.79 Å². The van der Waals surface area contributed by atoms with E-state index in [2.05, 4.69) is 10.3 Å². The lowest BCUT2D eigenvalue weighted by Crippen LogP contribution is -2.22. The average molecular weight is 374 g/mol. The van der Waals surface area contributed by atoms with E-state index in [9.17, 15) is 14.9 Å². The summed E-state index contributed by atoms with van der Waals surface area (Å²) in [6, 6.07) is 12.6. The van der Waals surface area contributed by atoms with Crippen LogP contribution in [0.15, 0.2) is 53.0 Å². The number of hydrogen-bond acceptors (Lipinski definition) is 5. The van der Waals surface area contributed by atoms with E-state index in [1.807, 2.05) is 32.0 Å². The number of nitriles is 1. The molecule has 0 radical (unpaired) electrons. The first kappa shape index (κ1) is 18.9. The van der Waals surface area contributed by atoms with Crippen LogP contribution in [0.2, 0.25) is 0 Å². The molecule has 0 bridgehead atoms. The number of carbonyl (C=O) groups is 1. The second kappa shape index (κ2) is 7.76. The van der Waals surface area contributed by atoms with E-state index in [1.54, 1.807) is 30.5 Å². The molecule has 140 valence electrons. The summed E-state index contributed by atoms with van der Waals surface area (Å²) in [7, 11) is 1.41. The summed E-state index contributed by atoms with van der Waals surface area (Å²) in [4.78, 5) is 29.3. The number of benzene rings is 1. The quantitative estimate of drug-likeness (QED) is 0.559. The Morgan fingerprint density at radius 2 is 1.96 bits per heavy atom. The third kappa shape index (κ3) is 3.76. The molecule has 7 heteroatoms. The fourth-order valence-corrected chi connectivity index (χ4v) is 2.81. The molecule has 0 aliphatic carbocycles. The number of hydrogen-bond donors (Lipinski definition) is 1. The number of fused-ring (bicyclic) bond motifs is 1. The number of aryl methyl sites for hydroxylation is 2.